The third-order valence-corrected chi connectivity index (χ3v) is 2.83. The van der Waals surface area contributed by atoms with Crippen molar-refractivity contribution in [1.82, 2.24) is 4.98 Å². The predicted octanol–water partition coefficient (Wildman–Crippen LogP) is 3.76. The maximum atomic E-state index is 13.8. The van der Waals surface area contributed by atoms with Gasteiger partial charge in [0.15, 0.2) is 0 Å². The molecule has 1 N–H and O–H groups in total. The highest BCUT2D eigenvalue weighted by atomic mass is 19.1. The second kappa shape index (κ2) is 5.07. The van der Waals surface area contributed by atoms with Crippen molar-refractivity contribution in [3.05, 3.63) is 52.6 Å². The van der Waals surface area contributed by atoms with E-state index < -0.39 is 0 Å². The predicted molar refractivity (Wildman–Crippen MR) is 72.8 cm³/mol. The molecule has 19 heavy (non-hydrogen) atoms. The molecule has 0 atom stereocenters. The van der Waals surface area contributed by atoms with Crippen LogP contribution < -0.4 is 5.32 Å². The largest absolute Gasteiger partial charge is 0.352 e. The van der Waals surface area contributed by atoms with Crippen molar-refractivity contribution < 1.29 is 4.39 Å². The first kappa shape index (κ1) is 13.0. The Kier molecular flexibility index (Phi) is 3.48. The fourth-order valence-corrected chi connectivity index (χ4v) is 1.93. The molecule has 0 spiro atoms. The number of hydrogen-bond donors (Lipinski definition) is 1. The van der Waals surface area contributed by atoms with E-state index in [0.717, 1.165) is 11.3 Å². The molecule has 3 nitrogen and oxygen atoms in total. The lowest BCUT2D eigenvalue weighted by atomic mass is 10.1. The molecule has 1 aromatic carbocycles. The molecule has 0 unspecified atom stereocenters. The van der Waals surface area contributed by atoms with E-state index in [1.165, 1.54) is 6.07 Å². The van der Waals surface area contributed by atoms with E-state index in [9.17, 15) is 4.39 Å². The lowest BCUT2D eigenvalue weighted by Gasteiger charge is -2.12. The van der Waals surface area contributed by atoms with Crippen LogP contribution in [-0.2, 0) is 0 Å². The smallest absolute Gasteiger partial charge is 0.146 e. The number of nitriles is 1. The Morgan fingerprint density at radius 3 is 2.53 bits per heavy atom. The first-order chi connectivity index (χ1) is 9.01. The maximum Gasteiger partial charge on any atom is 0.146 e. The van der Waals surface area contributed by atoms with E-state index in [0.29, 0.717) is 22.6 Å². The number of aryl methyl sites for hydroxylation is 3. The zero-order valence-corrected chi connectivity index (χ0v) is 11.1. The van der Waals surface area contributed by atoms with Crippen LogP contribution in [0.1, 0.15) is 22.5 Å². The highest BCUT2D eigenvalue weighted by Gasteiger charge is 2.10. The molecule has 2 aromatic rings. The van der Waals surface area contributed by atoms with Gasteiger partial charge in [0.05, 0.1) is 22.6 Å². The molecule has 96 valence electrons. The maximum absolute atomic E-state index is 13.8. The Morgan fingerprint density at radius 2 is 1.89 bits per heavy atom. The van der Waals surface area contributed by atoms with E-state index in [2.05, 4.69) is 16.4 Å². The van der Waals surface area contributed by atoms with Gasteiger partial charge in [0.2, 0.25) is 0 Å². The average molecular weight is 255 g/mol. The second-order valence-corrected chi connectivity index (χ2v) is 4.49. The minimum Gasteiger partial charge on any atom is -0.352 e. The van der Waals surface area contributed by atoms with E-state index in [1.807, 2.05) is 19.9 Å². The first-order valence-corrected chi connectivity index (χ1v) is 5.93. The quantitative estimate of drug-likeness (QED) is 0.888. The molecule has 0 aliphatic carbocycles. The summed E-state index contributed by atoms with van der Waals surface area (Å²) in [5.74, 6) is -0.337. The van der Waals surface area contributed by atoms with Crippen molar-refractivity contribution in [1.29, 1.82) is 5.26 Å². The summed E-state index contributed by atoms with van der Waals surface area (Å²) in [7, 11) is 0. The molecule has 0 saturated carbocycles. The van der Waals surface area contributed by atoms with Gasteiger partial charge in [-0.3, -0.25) is 4.98 Å². The van der Waals surface area contributed by atoms with E-state index in [4.69, 9.17) is 5.26 Å². The molecule has 1 heterocycles. The highest BCUT2D eigenvalue weighted by Crippen LogP contribution is 2.25. The van der Waals surface area contributed by atoms with Crippen molar-refractivity contribution in [3.8, 4) is 6.07 Å². The summed E-state index contributed by atoms with van der Waals surface area (Å²) in [6.45, 7) is 5.43. The summed E-state index contributed by atoms with van der Waals surface area (Å²) < 4.78 is 13.8. The second-order valence-electron chi connectivity index (χ2n) is 4.49. The molecule has 2 rings (SSSR count). The van der Waals surface area contributed by atoms with E-state index in [1.54, 1.807) is 19.1 Å². The number of nitrogens with one attached hydrogen (secondary N) is 1. The monoisotopic (exact) mass is 255 g/mol. The number of benzene rings is 1. The first-order valence-electron chi connectivity index (χ1n) is 5.93. The zero-order valence-electron chi connectivity index (χ0n) is 11.1. The van der Waals surface area contributed by atoms with Crippen molar-refractivity contribution in [3.63, 3.8) is 0 Å². The Morgan fingerprint density at radius 1 is 1.16 bits per heavy atom. The van der Waals surface area contributed by atoms with Crippen LogP contribution in [-0.4, -0.2) is 4.98 Å². The summed E-state index contributed by atoms with van der Waals surface area (Å²) >= 11 is 0. The number of aromatic nitrogens is 1. The molecule has 0 saturated heterocycles. The normalized spacial score (nSPS) is 10.1. The lowest BCUT2D eigenvalue weighted by molar-refractivity contribution is 0.630. The SMILES string of the molecule is Cc1ccc(Nc2cc(C)nc(C)c2C#N)c(F)c1. The van der Waals surface area contributed by atoms with E-state index >= 15 is 0 Å². The highest BCUT2D eigenvalue weighted by molar-refractivity contribution is 5.68. The summed E-state index contributed by atoms with van der Waals surface area (Å²) in [5.41, 5.74) is 3.64. The summed E-state index contributed by atoms with van der Waals surface area (Å²) in [6, 6.07) is 8.77. The zero-order chi connectivity index (χ0) is 14.0. The molecular weight excluding hydrogens is 241 g/mol. The fourth-order valence-electron chi connectivity index (χ4n) is 1.93. The van der Waals surface area contributed by atoms with Crippen LogP contribution >= 0.6 is 0 Å². The van der Waals surface area contributed by atoms with Crippen LogP contribution in [0.4, 0.5) is 15.8 Å². The fraction of sp³-hybridized carbons (Fsp3) is 0.200. The molecule has 0 radical (unpaired) electrons. The van der Waals surface area contributed by atoms with Gasteiger partial charge in [-0.15, -0.1) is 0 Å². The van der Waals surface area contributed by atoms with Gasteiger partial charge in [0, 0.05) is 5.69 Å². The number of hydrogen-bond acceptors (Lipinski definition) is 3. The number of pyridine rings is 1. The summed E-state index contributed by atoms with van der Waals surface area (Å²) in [5, 5.41) is 12.1. The molecule has 0 bridgehead atoms. The van der Waals surface area contributed by atoms with Crippen LogP contribution in [0.5, 0.6) is 0 Å². The minimum absolute atomic E-state index is 0.337. The third kappa shape index (κ3) is 2.71. The van der Waals surface area contributed by atoms with Gasteiger partial charge in [-0.25, -0.2) is 4.39 Å². The molecule has 0 aliphatic heterocycles. The van der Waals surface area contributed by atoms with Gasteiger partial charge in [-0.2, -0.15) is 5.26 Å². The molecular formula is C15H14FN3. The van der Waals surface area contributed by atoms with E-state index in [-0.39, 0.29) is 5.82 Å². The average Bonchev–Trinajstić information content (AvgIpc) is 2.32. The molecule has 0 fully saturated rings. The van der Waals surface area contributed by atoms with Gasteiger partial charge in [-0.05, 0) is 44.5 Å². The Labute approximate surface area is 111 Å². The number of nitrogens with zero attached hydrogens (tertiary/aromatic N) is 2. The van der Waals surface area contributed by atoms with Crippen LogP contribution in [0.2, 0.25) is 0 Å². The van der Waals surface area contributed by atoms with Gasteiger partial charge in [-0.1, -0.05) is 6.07 Å². The summed E-state index contributed by atoms with van der Waals surface area (Å²) in [6.07, 6.45) is 0. The molecule has 0 aliphatic rings. The van der Waals surface area contributed by atoms with Crippen LogP contribution in [0.25, 0.3) is 0 Å². The van der Waals surface area contributed by atoms with Crippen molar-refractivity contribution in [2.75, 3.05) is 5.32 Å². The Hall–Kier alpha value is -2.41. The topological polar surface area (TPSA) is 48.7 Å². The Balaban J connectivity index is 2.46. The molecule has 0 amide bonds. The van der Waals surface area contributed by atoms with Crippen molar-refractivity contribution in [2.24, 2.45) is 0 Å². The van der Waals surface area contributed by atoms with Crippen molar-refractivity contribution in [2.45, 2.75) is 20.8 Å². The van der Waals surface area contributed by atoms with Crippen molar-refractivity contribution >= 4 is 11.4 Å². The van der Waals surface area contributed by atoms with Gasteiger partial charge < -0.3 is 5.32 Å². The standard InChI is InChI=1S/C15H14FN3/c1-9-4-5-14(13(16)6-9)19-15-7-10(2)18-11(3)12(15)8-17/h4-7H,1-3H3,(H,18,19). The lowest BCUT2D eigenvalue weighted by Crippen LogP contribution is -2.01. The van der Waals surface area contributed by atoms with Crippen LogP contribution in [0.3, 0.4) is 0 Å². The third-order valence-electron chi connectivity index (χ3n) is 2.83. The molecule has 4 heteroatoms. The van der Waals surface area contributed by atoms with Gasteiger partial charge >= 0.3 is 0 Å². The van der Waals surface area contributed by atoms with Gasteiger partial charge in [0.1, 0.15) is 11.9 Å². The minimum atomic E-state index is -0.337. The summed E-state index contributed by atoms with van der Waals surface area (Å²) in [4.78, 5) is 4.23. The molecule has 1 aromatic heterocycles. The van der Waals surface area contributed by atoms with Gasteiger partial charge in [0.25, 0.3) is 0 Å². The number of anilines is 2. The van der Waals surface area contributed by atoms with Crippen LogP contribution in [0.15, 0.2) is 24.3 Å². The number of rotatable bonds is 2. The van der Waals surface area contributed by atoms with Crippen LogP contribution in [0, 0.1) is 37.9 Å². The Bertz CT molecular complexity index is 672. The number of halogens is 1.